The standard InChI is InChI=1S/C24H32O7.C13H22O4.C11H12O6S.O3S/c1-23(2)27-13-19(30-23)20-15(11-18-21(20)31-24(3,4)29-18)10-17-16(25)12-26-22(28-17)14-8-6-5-7-9-14;1-12(2)14-7-10(16-12)8-5-6-9-11(8)17-13(3,4)15-9;12-18(13)15-7-9-10(17-18)6-14-11(16-9)8-4-2-1-3-5-8;1-4(2)3/h5-9,16-22H,10-13H2,1-4H3;8-11H,5-7H2,1-4H3;1-5,9-11H,6-7H2;/t16-,17+,18+,19-,20-,21+,22?;8-,9+,10-,11-;9-,10+,11+;/m001./s1. The Morgan fingerprint density at radius 1 is 0.586 bits per heavy atom. The third-order valence-corrected chi connectivity index (χ3v) is 14.3. The summed E-state index contributed by atoms with van der Waals surface area (Å²) in [5, 5.41) is 12.7. The molecule has 0 aromatic heterocycles. The van der Waals surface area contributed by atoms with E-state index in [0.717, 1.165) is 30.4 Å². The monoisotopic (exact) mass is 1030 g/mol. The van der Waals surface area contributed by atoms with Crippen molar-refractivity contribution in [1.82, 2.24) is 0 Å². The van der Waals surface area contributed by atoms with Crippen LogP contribution < -0.4 is 5.11 Å². The number of ether oxygens (including phenoxy) is 12. The van der Waals surface area contributed by atoms with E-state index < -0.39 is 81.2 Å². The van der Waals surface area contributed by atoms with E-state index in [1.54, 1.807) is 0 Å². The lowest BCUT2D eigenvalue weighted by molar-refractivity contribution is -0.474. The Hall–Kier alpha value is -2.72. The zero-order valence-electron chi connectivity index (χ0n) is 40.7. The van der Waals surface area contributed by atoms with E-state index in [1.807, 2.05) is 116 Å². The first-order valence-corrected chi connectivity index (χ1v) is 26.1. The van der Waals surface area contributed by atoms with Crippen molar-refractivity contribution >= 4 is 21.0 Å². The Balaban J connectivity index is 0.000000144. The van der Waals surface area contributed by atoms with Crippen molar-refractivity contribution in [3.63, 3.8) is 0 Å². The Labute approximate surface area is 411 Å². The van der Waals surface area contributed by atoms with Crippen molar-refractivity contribution in [1.29, 1.82) is 0 Å². The molecule has 2 saturated carbocycles. The lowest BCUT2D eigenvalue weighted by Gasteiger charge is -2.40. The predicted octanol–water partition coefficient (Wildman–Crippen LogP) is 4.31. The summed E-state index contributed by atoms with van der Waals surface area (Å²) < 4.78 is 128. The van der Waals surface area contributed by atoms with Gasteiger partial charge in [0, 0.05) is 23.7 Å². The molecule has 7 aliphatic heterocycles. The van der Waals surface area contributed by atoms with Gasteiger partial charge < -0.3 is 61.9 Å². The molecular weight excluding hydrogens is 961 g/mol. The molecule has 9 aliphatic rings. The number of fused-ring (bicyclic) bond motifs is 3. The summed E-state index contributed by atoms with van der Waals surface area (Å²) in [6.45, 7) is 17.1. The topological polar surface area (TPSA) is 238 Å². The van der Waals surface area contributed by atoms with Crippen LogP contribution in [0.15, 0.2) is 60.7 Å². The second kappa shape index (κ2) is 21.6. The van der Waals surface area contributed by atoms with E-state index in [9.17, 15) is 13.5 Å². The molecule has 0 radical (unpaired) electrons. The van der Waals surface area contributed by atoms with Gasteiger partial charge in [-0.1, -0.05) is 66.8 Å². The summed E-state index contributed by atoms with van der Waals surface area (Å²) in [5.74, 6) is -0.525. The summed E-state index contributed by atoms with van der Waals surface area (Å²) in [7, 11) is -7.01. The van der Waals surface area contributed by atoms with Crippen LogP contribution in [0.2, 0.25) is 0 Å². The highest BCUT2D eigenvalue weighted by Gasteiger charge is 2.64. The fourth-order valence-corrected chi connectivity index (χ4v) is 11.4. The number of hydrogen-bond donors (Lipinski definition) is 0. The van der Waals surface area contributed by atoms with Gasteiger partial charge in [0.1, 0.15) is 49.3 Å². The van der Waals surface area contributed by atoms with Gasteiger partial charge in [0.25, 0.3) is 0 Å². The van der Waals surface area contributed by atoms with Crippen LogP contribution in [0, 0.1) is 17.8 Å². The van der Waals surface area contributed by atoms with Crippen molar-refractivity contribution in [2.24, 2.45) is 11.8 Å². The number of hydrogen-bond acceptors (Lipinski definition) is 20. The SMILES string of the molecule is CC1(C)OC[C@@H]([C@@H]2CC[C@H]3OC(C)(C)O[C@@H]23)O1.CC1(C)OC[C@@H]([C@@H]2[C+](C[C@H]3OC(c4ccccc4)OC[C@@H]3[O-])C[C@H]3OC(C)(C)O[C@@H]23)O1.O=S(=O)=O.O=S1(=O)OC[C@H]2O[C@@H](c3ccccc3)OC[C@@H]2O1. The fourth-order valence-electron chi connectivity index (χ4n) is 10.6. The van der Waals surface area contributed by atoms with Crippen LogP contribution >= 0.6 is 0 Å². The normalized spacial score (nSPS) is 39.1. The molecule has 7 heterocycles. The van der Waals surface area contributed by atoms with Crippen molar-refractivity contribution in [3.8, 4) is 0 Å². The van der Waals surface area contributed by atoms with Crippen LogP contribution in [0.1, 0.15) is 105 Å². The van der Waals surface area contributed by atoms with E-state index in [4.69, 9.17) is 73.7 Å². The molecule has 11 rings (SSSR count). The second-order valence-corrected chi connectivity index (χ2v) is 22.1. The van der Waals surface area contributed by atoms with Gasteiger partial charge in [0.05, 0.1) is 50.8 Å². The maximum absolute atomic E-state index is 12.7. The zero-order valence-corrected chi connectivity index (χ0v) is 42.3. The third kappa shape index (κ3) is 13.5. The van der Waals surface area contributed by atoms with Crippen molar-refractivity contribution < 1.29 is 91.4 Å². The van der Waals surface area contributed by atoms with Gasteiger partial charge in [-0.15, -0.1) is 12.6 Å². The van der Waals surface area contributed by atoms with Gasteiger partial charge in [-0.05, 0) is 68.2 Å². The molecule has 20 nitrogen and oxygen atoms in total. The lowest BCUT2D eigenvalue weighted by atomic mass is 9.84. The minimum atomic E-state index is -3.90. The molecule has 0 N–H and O–H groups in total. The molecular formula is C48H66O20S2. The minimum Gasteiger partial charge on any atom is -0.848 e. The number of rotatable bonds is 6. The molecule has 70 heavy (non-hydrogen) atoms. The Morgan fingerprint density at radius 3 is 1.70 bits per heavy atom. The quantitative estimate of drug-likeness (QED) is 0.366. The number of benzene rings is 2. The summed E-state index contributed by atoms with van der Waals surface area (Å²) in [4.78, 5) is 0. The molecule has 0 spiro atoms. The summed E-state index contributed by atoms with van der Waals surface area (Å²) in [6, 6.07) is 19.2. The van der Waals surface area contributed by atoms with E-state index in [1.165, 1.54) is 5.92 Å². The van der Waals surface area contributed by atoms with E-state index in [-0.39, 0.29) is 62.4 Å². The largest absolute Gasteiger partial charge is 0.848 e. The third-order valence-electron chi connectivity index (χ3n) is 13.4. The summed E-state index contributed by atoms with van der Waals surface area (Å²) in [5.41, 5.74) is 1.80. The van der Waals surface area contributed by atoms with Crippen LogP contribution in [0.5, 0.6) is 0 Å². The molecule has 0 amide bonds. The molecule has 22 heteroatoms. The summed E-state index contributed by atoms with van der Waals surface area (Å²) >= 11 is 0. The highest BCUT2D eigenvalue weighted by molar-refractivity contribution is 7.81. The molecule has 7 saturated heterocycles. The maximum Gasteiger partial charge on any atom is 0.425 e. The van der Waals surface area contributed by atoms with Crippen LogP contribution in [0.4, 0.5) is 0 Å². The van der Waals surface area contributed by atoms with Crippen molar-refractivity contribution in [2.75, 3.05) is 33.0 Å². The Morgan fingerprint density at radius 2 is 1.11 bits per heavy atom. The van der Waals surface area contributed by atoms with E-state index >= 15 is 0 Å². The van der Waals surface area contributed by atoms with E-state index in [2.05, 4.69) is 4.18 Å². The summed E-state index contributed by atoms with van der Waals surface area (Å²) in [6.07, 6.45) is 0.217. The second-order valence-electron chi connectivity index (χ2n) is 20.4. The fraction of sp³-hybridized carbons (Fsp3) is 0.729. The van der Waals surface area contributed by atoms with Gasteiger partial charge >= 0.3 is 21.0 Å². The molecule has 2 aliphatic carbocycles. The Bertz CT molecular complexity index is 2260. The lowest BCUT2D eigenvalue weighted by Crippen LogP contribution is -2.50. The first-order chi connectivity index (χ1) is 32.9. The molecule has 0 bridgehead atoms. The van der Waals surface area contributed by atoms with Gasteiger partial charge in [-0.25, -0.2) is 8.37 Å². The zero-order chi connectivity index (χ0) is 50.2. The molecule has 9 fully saturated rings. The predicted molar refractivity (Wildman–Crippen MR) is 239 cm³/mol. The van der Waals surface area contributed by atoms with Crippen molar-refractivity contribution in [3.05, 3.63) is 77.7 Å². The average Bonchev–Trinajstić information content (AvgIpc) is 4.13. The van der Waals surface area contributed by atoms with E-state index in [0.29, 0.717) is 25.6 Å². The van der Waals surface area contributed by atoms with Gasteiger partial charge in [-0.2, -0.15) is 8.42 Å². The van der Waals surface area contributed by atoms with Crippen LogP contribution in [0.25, 0.3) is 0 Å². The maximum atomic E-state index is 12.7. The minimum absolute atomic E-state index is 0.00219. The van der Waals surface area contributed by atoms with Crippen LogP contribution in [0.3, 0.4) is 0 Å². The van der Waals surface area contributed by atoms with Crippen LogP contribution in [-0.2, 0) is 86.2 Å². The van der Waals surface area contributed by atoms with Gasteiger partial charge in [0.15, 0.2) is 41.6 Å². The molecule has 390 valence electrons. The van der Waals surface area contributed by atoms with Crippen molar-refractivity contribution in [2.45, 2.75) is 178 Å². The Kier molecular flexibility index (Phi) is 16.6. The van der Waals surface area contributed by atoms with Gasteiger partial charge in [0.2, 0.25) is 0 Å². The van der Waals surface area contributed by atoms with Gasteiger partial charge in [-0.3, -0.25) is 0 Å². The molecule has 14 atom stereocenters. The van der Waals surface area contributed by atoms with Crippen LogP contribution in [-0.4, -0.2) is 138 Å². The molecule has 2 aromatic rings. The molecule has 1 unspecified atom stereocenters. The first kappa shape index (κ1) is 53.6. The first-order valence-electron chi connectivity index (χ1n) is 23.8. The molecule has 2 aromatic carbocycles. The highest BCUT2D eigenvalue weighted by atomic mass is 32.3. The average molecular weight is 1030 g/mol. The smallest absolute Gasteiger partial charge is 0.425 e. The highest BCUT2D eigenvalue weighted by Crippen LogP contribution is 2.52.